The highest BCUT2D eigenvalue weighted by molar-refractivity contribution is 7.89. The highest BCUT2D eigenvalue weighted by Gasteiger charge is 2.17. The molecule has 0 radical (unpaired) electrons. The number of benzene rings is 1. The van der Waals surface area contributed by atoms with Gasteiger partial charge in [0.05, 0.1) is 10.5 Å². The molecule has 0 aliphatic rings. The topological polar surface area (TPSA) is 70.0 Å². The maximum Gasteiger partial charge on any atom is 0.240 e. The fourth-order valence-electron chi connectivity index (χ4n) is 2.01. The highest BCUT2D eigenvalue weighted by Crippen LogP contribution is 2.16. The fourth-order valence-corrected chi connectivity index (χ4v) is 3.15. The average molecular weight is 312 g/mol. The molecule has 0 aromatic heterocycles. The van der Waals surface area contributed by atoms with E-state index in [0.717, 1.165) is 37.8 Å². The van der Waals surface area contributed by atoms with Crippen LogP contribution in [0.3, 0.4) is 0 Å². The third kappa shape index (κ3) is 5.10. The molecule has 0 aliphatic carbocycles. The summed E-state index contributed by atoms with van der Waals surface area (Å²) in [6.45, 7) is 4.48. The van der Waals surface area contributed by atoms with E-state index in [4.69, 9.17) is 5.26 Å². The van der Waals surface area contributed by atoms with Gasteiger partial charge >= 0.3 is 0 Å². The van der Waals surface area contributed by atoms with Crippen LogP contribution in [-0.4, -0.2) is 15.0 Å². The van der Waals surface area contributed by atoms with Crippen molar-refractivity contribution in [3.8, 4) is 6.07 Å². The quantitative estimate of drug-likeness (QED) is 0.801. The summed E-state index contributed by atoms with van der Waals surface area (Å²) < 4.78 is 40.1. The van der Waals surface area contributed by atoms with Crippen LogP contribution in [0.2, 0.25) is 0 Å². The van der Waals surface area contributed by atoms with Crippen molar-refractivity contribution in [3.63, 3.8) is 0 Å². The van der Waals surface area contributed by atoms with Crippen LogP contribution in [0.1, 0.15) is 45.1 Å². The monoisotopic (exact) mass is 312 g/mol. The molecule has 1 aromatic rings. The lowest BCUT2D eigenvalue weighted by atomic mass is 10.00. The molecular weight excluding hydrogens is 291 g/mol. The smallest absolute Gasteiger partial charge is 0.211 e. The molecule has 0 amide bonds. The molecule has 0 saturated heterocycles. The van der Waals surface area contributed by atoms with Crippen LogP contribution in [0.4, 0.5) is 4.39 Å². The summed E-state index contributed by atoms with van der Waals surface area (Å²) in [6.07, 6.45) is 4.01. The summed E-state index contributed by atoms with van der Waals surface area (Å²) in [4.78, 5) is -0.0780. The van der Waals surface area contributed by atoms with Crippen LogP contribution < -0.4 is 4.72 Å². The molecule has 0 bridgehead atoms. The van der Waals surface area contributed by atoms with Crippen molar-refractivity contribution in [3.05, 3.63) is 29.6 Å². The maximum atomic E-state index is 13.2. The third-order valence-corrected chi connectivity index (χ3v) is 4.90. The number of unbranched alkanes of at least 4 members (excludes halogenated alkanes) is 1. The van der Waals surface area contributed by atoms with Gasteiger partial charge in [0.1, 0.15) is 11.9 Å². The van der Waals surface area contributed by atoms with E-state index >= 15 is 0 Å². The first kappa shape index (κ1) is 17.6. The molecule has 1 N–H and O–H groups in total. The Labute approximate surface area is 126 Å². The number of nitriles is 1. The van der Waals surface area contributed by atoms with Gasteiger partial charge in [-0.1, -0.05) is 33.1 Å². The number of nitrogens with zero attached hydrogens (tertiary/aromatic N) is 1. The Balaban J connectivity index is 2.80. The second kappa shape index (κ2) is 8.11. The zero-order valence-corrected chi connectivity index (χ0v) is 13.2. The van der Waals surface area contributed by atoms with E-state index in [1.807, 2.05) is 6.92 Å². The van der Waals surface area contributed by atoms with Crippen molar-refractivity contribution in [1.82, 2.24) is 4.72 Å². The number of hydrogen-bond acceptors (Lipinski definition) is 3. The molecule has 4 nitrogen and oxygen atoms in total. The van der Waals surface area contributed by atoms with Crippen molar-refractivity contribution in [2.45, 2.75) is 44.4 Å². The van der Waals surface area contributed by atoms with Crippen molar-refractivity contribution in [2.75, 3.05) is 6.54 Å². The minimum Gasteiger partial charge on any atom is -0.211 e. The Morgan fingerprint density at radius 1 is 1.38 bits per heavy atom. The Kier molecular flexibility index (Phi) is 6.79. The van der Waals surface area contributed by atoms with Gasteiger partial charge in [0.25, 0.3) is 0 Å². The standard InChI is InChI=1S/C15H21FN2O2S/c1-3-5-6-12(4-2)11-18-21(19,20)14-7-8-15(16)13(9-14)10-17/h7-9,12,18H,3-6,11H2,1-2H3. The van der Waals surface area contributed by atoms with Gasteiger partial charge in [-0.3, -0.25) is 0 Å². The molecule has 21 heavy (non-hydrogen) atoms. The summed E-state index contributed by atoms with van der Waals surface area (Å²) in [7, 11) is -3.71. The van der Waals surface area contributed by atoms with Gasteiger partial charge in [-0.15, -0.1) is 0 Å². The molecule has 0 saturated carbocycles. The Morgan fingerprint density at radius 3 is 2.67 bits per heavy atom. The molecule has 0 spiro atoms. The summed E-state index contributed by atoms with van der Waals surface area (Å²) >= 11 is 0. The van der Waals surface area contributed by atoms with Crippen LogP contribution >= 0.6 is 0 Å². The minimum atomic E-state index is -3.71. The van der Waals surface area contributed by atoms with E-state index in [1.165, 1.54) is 6.07 Å². The van der Waals surface area contributed by atoms with Gasteiger partial charge in [0, 0.05) is 6.54 Å². The number of halogens is 1. The SMILES string of the molecule is CCCCC(CC)CNS(=O)(=O)c1ccc(F)c(C#N)c1. The summed E-state index contributed by atoms with van der Waals surface area (Å²) in [5.74, 6) is -0.429. The van der Waals surface area contributed by atoms with Gasteiger partial charge in [-0.25, -0.2) is 17.5 Å². The zero-order valence-electron chi connectivity index (χ0n) is 12.4. The molecule has 0 aliphatic heterocycles. The number of nitrogens with one attached hydrogen (secondary N) is 1. The van der Waals surface area contributed by atoms with Crippen molar-refractivity contribution in [2.24, 2.45) is 5.92 Å². The summed E-state index contributed by atoms with van der Waals surface area (Å²) in [6, 6.07) is 4.88. The average Bonchev–Trinajstić information content (AvgIpc) is 2.47. The molecule has 0 heterocycles. The first-order valence-corrected chi connectivity index (χ1v) is 8.62. The van der Waals surface area contributed by atoms with Crippen molar-refractivity contribution >= 4 is 10.0 Å². The van der Waals surface area contributed by atoms with Crippen LogP contribution in [0.5, 0.6) is 0 Å². The first-order chi connectivity index (χ1) is 9.94. The first-order valence-electron chi connectivity index (χ1n) is 7.13. The highest BCUT2D eigenvalue weighted by atomic mass is 32.2. The second-order valence-electron chi connectivity index (χ2n) is 5.02. The molecule has 1 aromatic carbocycles. The summed E-state index contributed by atoms with van der Waals surface area (Å²) in [5, 5.41) is 8.76. The zero-order chi connectivity index (χ0) is 15.9. The minimum absolute atomic E-state index is 0.0780. The number of rotatable bonds is 8. The van der Waals surface area contributed by atoms with Crippen LogP contribution in [0, 0.1) is 23.1 Å². The van der Waals surface area contributed by atoms with E-state index in [1.54, 1.807) is 6.07 Å². The van der Waals surface area contributed by atoms with Crippen molar-refractivity contribution in [1.29, 1.82) is 5.26 Å². The maximum absolute atomic E-state index is 13.2. The van der Waals surface area contributed by atoms with E-state index in [0.29, 0.717) is 6.54 Å². The Hall–Kier alpha value is -1.45. The molecule has 1 unspecified atom stereocenters. The molecular formula is C15H21FN2O2S. The van der Waals surface area contributed by atoms with E-state index in [-0.39, 0.29) is 16.4 Å². The Bertz CT molecular complexity index is 609. The number of hydrogen-bond donors (Lipinski definition) is 1. The molecule has 1 atom stereocenters. The lowest BCUT2D eigenvalue weighted by molar-refractivity contribution is 0.443. The Morgan fingerprint density at radius 2 is 2.10 bits per heavy atom. The lowest BCUT2D eigenvalue weighted by Gasteiger charge is -2.15. The van der Waals surface area contributed by atoms with E-state index in [2.05, 4.69) is 11.6 Å². The van der Waals surface area contributed by atoms with E-state index < -0.39 is 15.8 Å². The fraction of sp³-hybridized carbons (Fsp3) is 0.533. The summed E-state index contributed by atoms with van der Waals surface area (Å²) in [5.41, 5.74) is -0.268. The second-order valence-corrected chi connectivity index (χ2v) is 6.79. The van der Waals surface area contributed by atoms with Crippen LogP contribution in [0.15, 0.2) is 23.1 Å². The van der Waals surface area contributed by atoms with Gasteiger partial charge in [-0.05, 0) is 30.5 Å². The van der Waals surface area contributed by atoms with Gasteiger partial charge in [0.2, 0.25) is 10.0 Å². The molecule has 1 rings (SSSR count). The predicted octanol–water partition coefficient (Wildman–Crippen LogP) is 3.19. The number of sulfonamides is 1. The molecule has 6 heteroatoms. The normalized spacial score (nSPS) is 12.9. The van der Waals surface area contributed by atoms with Crippen LogP contribution in [-0.2, 0) is 10.0 Å². The van der Waals surface area contributed by atoms with E-state index in [9.17, 15) is 12.8 Å². The third-order valence-electron chi connectivity index (χ3n) is 3.47. The van der Waals surface area contributed by atoms with Crippen molar-refractivity contribution < 1.29 is 12.8 Å². The molecule has 116 valence electrons. The molecule has 0 fully saturated rings. The van der Waals surface area contributed by atoms with Gasteiger partial charge in [-0.2, -0.15) is 5.26 Å². The van der Waals surface area contributed by atoms with Gasteiger partial charge < -0.3 is 0 Å². The van der Waals surface area contributed by atoms with Gasteiger partial charge in [0.15, 0.2) is 0 Å². The lowest BCUT2D eigenvalue weighted by Crippen LogP contribution is -2.29. The largest absolute Gasteiger partial charge is 0.240 e. The predicted molar refractivity (Wildman–Crippen MR) is 79.6 cm³/mol. The van der Waals surface area contributed by atoms with Crippen LogP contribution in [0.25, 0.3) is 0 Å².